The molecule has 2 rings (SSSR count). The molecule has 1 heterocycles. The van der Waals surface area contributed by atoms with Crippen LogP contribution in [0.3, 0.4) is 0 Å². The molecule has 0 N–H and O–H groups in total. The lowest BCUT2D eigenvalue weighted by Crippen LogP contribution is -2.32. The average molecular weight is 311 g/mol. The Balaban J connectivity index is 1.86. The molecule has 0 bridgehead atoms. The molecule has 6 heteroatoms. The average Bonchev–Trinajstić information content (AvgIpc) is 2.87. The molecule has 2 unspecified atom stereocenters. The lowest BCUT2D eigenvalue weighted by molar-refractivity contribution is 0.0803. The minimum absolute atomic E-state index is 0.140. The van der Waals surface area contributed by atoms with Gasteiger partial charge in [0.15, 0.2) is 11.1 Å². The van der Waals surface area contributed by atoms with Crippen molar-refractivity contribution in [3.63, 3.8) is 0 Å². The largest absolute Gasteiger partial charge is 0.447 e. The van der Waals surface area contributed by atoms with Crippen LogP contribution in [-0.4, -0.2) is 40.5 Å². The Morgan fingerprint density at radius 2 is 2.00 bits per heavy atom. The van der Waals surface area contributed by atoms with Crippen molar-refractivity contribution < 1.29 is 17.9 Å². The maximum absolute atomic E-state index is 12.1. The normalized spacial score (nSPS) is 19.8. The monoisotopic (exact) mass is 311 g/mol. The van der Waals surface area contributed by atoms with Gasteiger partial charge >= 0.3 is 6.09 Å². The molecule has 2 atom stereocenters. The van der Waals surface area contributed by atoms with Crippen LogP contribution in [0, 0.1) is 6.92 Å². The van der Waals surface area contributed by atoms with E-state index in [0.717, 1.165) is 5.56 Å². The molecule has 0 aliphatic carbocycles. The molecule has 5 nitrogen and oxygen atoms in total. The van der Waals surface area contributed by atoms with Crippen LogP contribution in [0.2, 0.25) is 0 Å². The summed E-state index contributed by atoms with van der Waals surface area (Å²) in [4.78, 5) is 14.0. The Morgan fingerprint density at radius 3 is 2.62 bits per heavy atom. The Morgan fingerprint density at radius 1 is 1.33 bits per heavy atom. The van der Waals surface area contributed by atoms with Crippen LogP contribution >= 0.6 is 0 Å². The fourth-order valence-electron chi connectivity index (χ4n) is 2.08. The van der Waals surface area contributed by atoms with Gasteiger partial charge in [-0.05, 0) is 39.3 Å². The van der Waals surface area contributed by atoms with Gasteiger partial charge in [0.2, 0.25) is 0 Å². The van der Waals surface area contributed by atoms with E-state index in [2.05, 4.69) is 0 Å². The minimum atomic E-state index is -1.50. The molecule has 1 saturated heterocycles. The first-order chi connectivity index (χ1) is 9.95. The van der Waals surface area contributed by atoms with Gasteiger partial charge in [-0.15, -0.1) is 0 Å². The molecule has 1 aromatic carbocycles. The number of hydrogen-bond acceptors (Lipinski definition) is 4. The summed E-state index contributed by atoms with van der Waals surface area (Å²) in [6.45, 7) is 6.59. The summed E-state index contributed by atoms with van der Waals surface area (Å²) in [5.74, 6) is 0. The molecular formula is C15H21NO4S. The molecule has 1 aliphatic rings. The maximum atomic E-state index is 12.1. The SMILES string of the molecule is Cc1ccc(S(=O)OC2CCN(C(=O)OC(C)C)C2)cc1. The summed E-state index contributed by atoms with van der Waals surface area (Å²) in [5.41, 5.74) is 1.11. The predicted molar refractivity (Wildman–Crippen MR) is 80.3 cm³/mol. The van der Waals surface area contributed by atoms with Crippen LogP contribution in [0.1, 0.15) is 25.8 Å². The number of rotatable bonds is 4. The molecule has 1 amide bonds. The van der Waals surface area contributed by atoms with Crippen LogP contribution in [-0.2, 0) is 20.0 Å². The van der Waals surface area contributed by atoms with Crippen molar-refractivity contribution in [2.45, 2.75) is 44.3 Å². The molecule has 0 aromatic heterocycles. The first kappa shape index (κ1) is 16.0. The lowest BCUT2D eigenvalue weighted by atomic mass is 10.2. The zero-order valence-corrected chi connectivity index (χ0v) is 13.4. The van der Waals surface area contributed by atoms with E-state index in [4.69, 9.17) is 8.92 Å². The Kier molecular flexibility index (Phi) is 5.36. The lowest BCUT2D eigenvalue weighted by Gasteiger charge is -2.17. The molecule has 1 fully saturated rings. The second-order valence-corrected chi connectivity index (χ2v) is 6.57. The van der Waals surface area contributed by atoms with Crippen molar-refractivity contribution in [3.8, 4) is 0 Å². The zero-order valence-electron chi connectivity index (χ0n) is 12.6. The van der Waals surface area contributed by atoms with Crippen LogP contribution in [0.15, 0.2) is 29.2 Å². The fourth-order valence-corrected chi connectivity index (χ4v) is 2.95. The maximum Gasteiger partial charge on any atom is 0.410 e. The molecule has 0 spiro atoms. The zero-order chi connectivity index (χ0) is 15.4. The second kappa shape index (κ2) is 7.04. The highest BCUT2D eigenvalue weighted by atomic mass is 32.2. The highest BCUT2D eigenvalue weighted by molar-refractivity contribution is 7.80. The van der Waals surface area contributed by atoms with Crippen molar-refractivity contribution in [2.24, 2.45) is 0 Å². The molecule has 1 aromatic rings. The van der Waals surface area contributed by atoms with Crippen molar-refractivity contribution in [1.82, 2.24) is 4.90 Å². The van der Waals surface area contributed by atoms with Crippen molar-refractivity contribution in [2.75, 3.05) is 13.1 Å². The summed E-state index contributed by atoms with van der Waals surface area (Å²) in [5, 5.41) is 0. The van der Waals surface area contributed by atoms with Gasteiger partial charge in [0.05, 0.1) is 23.6 Å². The number of carbonyl (C=O) groups excluding carboxylic acids is 1. The van der Waals surface area contributed by atoms with E-state index >= 15 is 0 Å². The number of likely N-dealkylation sites (tertiary alicyclic amines) is 1. The van der Waals surface area contributed by atoms with Gasteiger partial charge in [-0.2, -0.15) is 0 Å². The molecule has 21 heavy (non-hydrogen) atoms. The Hall–Kier alpha value is -1.40. The summed E-state index contributed by atoms with van der Waals surface area (Å²) in [6.07, 6.45) is -0.0200. The van der Waals surface area contributed by atoms with Crippen molar-refractivity contribution >= 4 is 17.2 Å². The van der Waals surface area contributed by atoms with Crippen molar-refractivity contribution in [1.29, 1.82) is 0 Å². The van der Waals surface area contributed by atoms with E-state index in [9.17, 15) is 9.00 Å². The predicted octanol–water partition coefficient (Wildman–Crippen LogP) is 2.65. The van der Waals surface area contributed by atoms with Gasteiger partial charge < -0.3 is 9.64 Å². The first-order valence-electron chi connectivity index (χ1n) is 7.07. The van der Waals surface area contributed by atoms with Crippen LogP contribution < -0.4 is 0 Å². The number of amides is 1. The Labute approximate surface area is 127 Å². The minimum Gasteiger partial charge on any atom is -0.447 e. The van der Waals surface area contributed by atoms with E-state index in [1.807, 2.05) is 32.9 Å². The molecule has 0 radical (unpaired) electrons. The van der Waals surface area contributed by atoms with Gasteiger partial charge in [-0.25, -0.2) is 9.00 Å². The summed E-state index contributed by atoms with van der Waals surface area (Å²) >= 11 is -1.50. The number of benzene rings is 1. The standard InChI is InChI=1S/C15H21NO4S/c1-11(2)19-15(17)16-9-8-13(10-16)20-21(18)14-6-4-12(3)5-7-14/h4-7,11,13H,8-10H2,1-3H3. The van der Waals surface area contributed by atoms with Crippen molar-refractivity contribution in [3.05, 3.63) is 29.8 Å². The molecule has 0 saturated carbocycles. The third-order valence-electron chi connectivity index (χ3n) is 3.18. The number of ether oxygens (including phenoxy) is 1. The molecule has 1 aliphatic heterocycles. The summed E-state index contributed by atoms with van der Waals surface area (Å²) in [6, 6.07) is 7.39. The smallest absolute Gasteiger partial charge is 0.410 e. The quantitative estimate of drug-likeness (QED) is 0.858. The van der Waals surface area contributed by atoms with E-state index in [1.54, 1.807) is 17.0 Å². The van der Waals surface area contributed by atoms with Crippen LogP contribution in [0.4, 0.5) is 4.79 Å². The van der Waals surface area contributed by atoms with E-state index < -0.39 is 11.1 Å². The van der Waals surface area contributed by atoms with Gasteiger partial charge in [0.25, 0.3) is 0 Å². The fraction of sp³-hybridized carbons (Fsp3) is 0.533. The van der Waals surface area contributed by atoms with Gasteiger partial charge in [0, 0.05) is 6.54 Å². The van der Waals surface area contributed by atoms with E-state index in [1.165, 1.54) is 0 Å². The first-order valence-corrected chi connectivity index (χ1v) is 8.14. The van der Waals surface area contributed by atoms with Gasteiger partial charge in [-0.1, -0.05) is 17.7 Å². The third kappa shape index (κ3) is 4.54. The second-order valence-electron chi connectivity index (χ2n) is 5.43. The Bertz CT molecular complexity index is 515. The third-order valence-corrected chi connectivity index (χ3v) is 4.28. The molecular weight excluding hydrogens is 290 g/mol. The van der Waals surface area contributed by atoms with E-state index in [0.29, 0.717) is 24.4 Å². The van der Waals surface area contributed by atoms with E-state index in [-0.39, 0.29) is 18.3 Å². The summed E-state index contributed by atoms with van der Waals surface area (Å²) in [7, 11) is 0. The van der Waals surface area contributed by atoms with Crippen LogP contribution in [0.5, 0.6) is 0 Å². The topological polar surface area (TPSA) is 55.8 Å². The number of carbonyl (C=O) groups is 1. The number of nitrogens with zero attached hydrogens (tertiary/aromatic N) is 1. The highest BCUT2D eigenvalue weighted by Crippen LogP contribution is 2.18. The number of hydrogen-bond donors (Lipinski definition) is 0. The highest BCUT2D eigenvalue weighted by Gasteiger charge is 2.30. The van der Waals surface area contributed by atoms with Crippen LogP contribution in [0.25, 0.3) is 0 Å². The number of aryl methyl sites for hydroxylation is 1. The molecule has 116 valence electrons. The van der Waals surface area contributed by atoms with Gasteiger partial charge in [0.1, 0.15) is 0 Å². The summed E-state index contributed by atoms with van der Waals surface area (Å²) < 4.78 is 22.8. The van der Waals surface area contributed by atoms with Gasteiger partial charge in [-0.3, -0.25) is 4.18 Å².